The lowest BCUT2D eigenvalue weighted by Gasteiger charge is -2.37. The molecule has 1 atom stereocenters. The zero-order valence-corrected chi connectivity index (χ0v) is 15.8. The third-order valence-electron chi connectivity index (χ3n) is 4.88. The van der Waals surface area contributed by atoms with E-state index in [9.17, 15) is 4.79 Å². The predicted octanol–water partition coefficient (Wildman–Crippen LogP) is 2.86. The number of hydrogen-bond donors (Lipinski definition) is 1. The largest absolute Gasteiger partial charge is 0.369 e. The van der Waals surface area contributed by atoms with Crippen molar-refractivity contribution in [3.05, 3.63) is 65.7 Å². The number of carbonyl (C=O) groups excluding carboxylic acids is 1. The fourth-order valence-electron chi connectivity index (χ4n) is 3.59. The van der Waals surface area contributed by atoms with Crippen LogP contribution in [0, 0.1) is 6.92 Å². The molecule has 4 heteroatoms. The number of aryl methyl sites for hydroxylation is 1. The SMILES string of the molecule is Cc1cccc(CC(=O)N[C@@H](C)CN2CCN(c3ccccc3)CC2)c1. The maximum atomic E-state index is 12.3. The molecular weight excluding hydrogens is 322 g/mol. The summed E-state index contributed by atoms with van der Waals surface area (Å²) in [4.78, 5) is 17.1. The molecular formula is C22H29N3O. The van der Waals surface area contributed by atoms with Gasteiger partial charge in [-0.3, -0.25) is 9.69 Å². The number of benzene rings is 2. The van der Waals surface area contributed by atoms with Crippen LogP contribution in [0.5, 0.6) is 0 Å². The highest BCUT2D eigenvalue weighted by molar-refractivity contribution is 5.78. The molecule has 1 N–H and O–H groups in total. The van der Waals surface area contributed by atoms with Crippen LogP contribution in [0.25, 0.3) is 0 Å². The Balaban J connectivity index is 1.41. The van der Waals surface area contributed by atoms with Crippen LogP contribution in [0.4, 0.5) is 5.69 Å². The van der Waals surface area contributed by atoms with Gasteiger partial charge < -0.3 is 10.2 Å². The monoisotopic (exact) mass is 351 g/mol. The molecule has 0 bridgehead atoms. The van der Waals surface area contributed by atoms with Gasteiger partial charge in [-0.05, 0) is 31.5 Å². The van der Waals surface area contributed by atoms with Crippen molar-refractivity contribution in [1.82, 2.24) is 10.2 Å². The number of anilines is 1. The highest BCUT2D eigenvalue weighted by Crippen LogP contribution is 2.15. The lowest BCUT2D eigenvalue weighted by atomic mass is 10.1. The summed E-state index contributed by atoms with van der Waals surface area (Å²) < 4.78 is 0. The normalized spacial score (nSPS) is 16.3. The Morgan fingerprint density at radius 3 is 2.46 bits per heavy atom. The van der Waals surface area contributed by atoms with Gasteiger partial charge >= 0.3 is 0 Å². The Morgan fingerprint density at radius 2 is 1.77 bits per heavy atom. The molecule has 1 aliphatic heterocycles. The third kappa shape index (κ3) is 5.33. The van der Waals surface area contributed by atoms with Crippen LogP contribution in [0.3, 0.4) is 0 Å². The van der Waals surface area contributed by atoms with Crippen molar-refractivity contribution >= 4 is 11.6 Å². The molecule has 4 nitrogen and oxygen atoms in total. The summed E-state index contributed by atoms with van der Waals surface area (Å²) >= 11 is 0. The average molecular weight is 351 g/mol. The summed E-state index contributed by atoms with van der Waals surface area (Å²) in [7, 11) is 0. The predicted molar refractivity (Wildman–Crippen MR) is 108 cm³/mol. The van der Waals surface area contributed by atoms with Crippen LogP contribution in [-0.2, 0) is 11.2 Å². The number of nitrogens with zero attached hydrogens (tertiary/aromatic N) is 2. The van der Waals surface area contributed by atoms with Gasteiger partial charge in [0.2, 0.25) is 5.91 Å². The third-order valence-corrected chi connectivity index (χ3v) is 4.88. The first kappa shape index (κ1) is 18.5. The molecule has 0 radical (unpaired) electrons. The molecule has 0 saturated carbocycles. The van der Waals surface area contributed by atoms with Crippen LogP contribution < -0.4 is 10.2 Å². The van der Waals surface area contributed by atoms with Crippen LogP contribution in [0.2, 0.25) is 0 Å². The second-order valence-electron chi connectivity index (χ2n) is 7.26. The van der Waals surface area contributed by atoms with Gasteiger partial charge in [-0.1, -0.05) is 48.0 Å². The quantitative estimate of drug-likeness (QED) is 0.869. The molecule has 1 aliphatic rings. The zero-order chi connectivity index (χ0) is 18.4. The number of rotatable bonds is 6. The number of para-hydroxylation sites is 1. The van der Waals surface area contributed by atoms with Gasteiger partial charge in [0, 0.05) is 44.5 Å². The van der Waals surface area contributed by atoms with E-state index in [0.717, 1.165) is 38.3 Å². The Bertz CT molecular complexity index is 708. The van der Waals surface area contributed by atoms with E-state index in [-0.39, 0.29) is 11.9 Å². The van der Waals surface area contributed by atoms with E-state index in [2.05, 4.69) is 71.4 Å². The van der Waals surface area contributed by atoms with E-state index in [1.54, 1.807) is 0 Å². The van der Waals surface area contributed by atoms with E-state index < -0.39 is 0 Å². The smallest absolute Gasteiger partial charge is 0.224 e. The molecule has 1 amide bonds. The Morgan fingerprint density at radius 1 is 1.04 bits per heavy atom. The maximum absolute atomic E-state index is 12.3. The average Bonchev–Trinajstić information content (AvgIpc) is 2.63. The minimum absolute atomic E-state index is 0.103. The first-order valence-electron chi connectivity index (χ1n) is 9.47. The highest BCUT2D eigenvalue weighted by Gasteiger charge is 2.19. The number of carbonyl (C=O) groups is 1. The molecule has 0 unspecified atom stereocenters. The summed E-state index contributed by atoms with van der Waals surface area (Å²) in [5, 5.41) is 3.14. The van der Waals surface area contributed by atoms with E-state index in [1.165, 1.54) is 11.3 Å². The standard InChI is InChI=1S/C22H29N3O/c1-18-7-6-8-20(15-18)16-22(26)23-19(2)17-24-11-13-25(14-12-24)21-9-4-3-5-10-21/h3-10,15,19H,11-14,16-17H2,1-2H3,(H,23,26)/t19-/m0/s1. The number of hydrogen-bond acceptors (Lipinski definition) is 3. The highest BCUT2D eigenvalue weighted by atomic mass is 16.1. The summed E-state index contributed by atoms with van der Waals surface area (Å²) in [5.74, 6) is 0.103. The van der Waals surface area contributed by atoms with E-state index in [4.69, 9.17) is 0 Å². The summed E-state index contributed by atoms with van der Waals surface area (Å²) in [6.45, 7) is 9.20. The van der Waals surface area contributed by atoms with Gasteiger partial charge in [0.15, 0.2) is 0 Å². The molecule has 2 aromatic rings. The van der Waals surface area contributed by atoms with Crippen molar-refractivity contribution < 1.29 is 4.79 Å². The zero-order valence-electron chi connectivity index (χ0n) is 15.8. The fourth-order valence-corrected chi connectivity index (χ4v) is 3.59. The van der Waals surface area contributed by atoms with Crippen molar-refractivity contribution in [3.63, 3.8) is 0 Å². The molecule has 1 fully saturated rings. The summed E-state index contributed by atoms with van der Waals surface area (Å²) in [5.41, 5.74) is 3.57. The molecule has 0 aromatic heterocycles. The minimum atomic E-state index is 0.103. The van der Waals surface area contributed by atoms with Gasteiger partial charge in [0.1, 0.15) is 0 Å². The summed E-state index contributed by atoms with van der Waals surface area (Å²) in [6, 6.07) is 18.9. The number of piperazine rings is 1. The van der Waals surface area contributed by atoms with Crippen molar-refractivity contribution in [3.8, 4) is 0 Å². The molecule has 3 rings (SSSR count). The topological polar surface area (TPSA) is 35.6 Å². The second kappa shape index (κ2) is 8.86. The number of amides is 1. The van der Waals surface area contributed by atoms with E-state index >= 15 is 0 Å². The van der Waals surface area contributed by atoms with Crippen LogP contribution >= 0.6 is 0 Å². The Kier molecular flexibility index (Phi) is 6.29. The maximum Gasteiger partial charge on any atom is 0.224 e. The van der Waals surface area contributed by atoms with Crippen molar-refractivity contribution in [2.45, 2.75) is 26.3 Å². The lowest BCUT2D eigenvalue weighted by Crippen LogP contribution is -2.51. The molecule has 138 valence electrons. The fraction of sp³-hybridized carbons (Fsp3) is 0.409. The molecule has 0 aliphatic carbocycles. The molecule has 1 saturated heterocycles. The summed E-state index contributed by atoms with van der Waals surface area (Å²) in [6.07, 6.45) is 0.452. The first-order chi connectivity index (χ1) is 12.6. The molecule has 0 spiro atoms. The van der Waals surface area contributed by atoms with Crippen molar-refractivity contribution in [1.29, 1.82) is 0 Å². The van der Waals surface area contributed by atoms with Gasteiger partial charge in [-0.2, -0.15) is 0 Å². The van der Waals surface area contributed by atoms with Gasteiger partial charge in [-0.15, -0.1) is 0 Å². The van der Waals surface area contributed by atoms with Gasteiger partial charge in [-0.25, -0.2) is 0 Å². The van der Waals surface area contributed by atoms with Crippen LogP contribution in [0.15, 0.2) is 54.6 Å². The Labute approximate surface area is 156 Å². The van der Waals surface area contributed by atoms with E-state index in [1.807, 2.05) is 12.1 Å². The minimum Gasteiger partial charge on any atom is -0.369 e. The molecule has 1 heterocycles. The van der Waals surface area contributed by atoms with Gasteiger partial charge in [0.05, 0.1) is 6.42 Å². The molecule has 2 aromatic carbocycles. The van der Waals surface area contributed by atoms with Gasteiger partial charge in [0.25, 0.3) is 0 Å². The molecule has 26 heavy (non-hydrogen) atoms. The second-order valence-corrected chi connectivity index (χ2v) is 7.26. The van der Waals surface area contributed by atoms with Crippen molar-refractivity contribution in [2.24, 2.45) is 0 Å². The Hall–Kier alpha value is -2.33. The number of nitrogens with one attached hydrogen (secondary N) is 1. The lowest BCUT2D eigenvalue weighted by molar-refractivity contribution is -0.121. The van der Waals surface area contributed by atoms with Crippen LogP contribution in [-0.4, -0.2) is 49.6 Å². The van der Waals surface area contributed by atoms with Crippen molar-refractivity contribution in [2.75, 3.05) is 37.6 Å². The van der Waals surface area contributed by atoms with Crippen LogP contribution in [0.1, 0.15) is 18.1 Å². The first-order valence-corrected chi connectivity index (χ1v) is 9.47. The van der Waals surface area contributed by atoms with E-state index in [0.29, 0.717) is 6.42 Å².